The molecule has 8 heteroatoms. The van der Waals surface area contributed by atoms with E-state index in [0.717, 1.165) is 19.3 Å². The summed E-state index contributed by atoms with van der Waals surface area (Å²) in [5.74, 6) is -1.15. The van der Waals surface area contributed by atoms with Crippen LogP contribution in [-0.4, -0.2) is 42.0 Å². The number of aromatic carboxylic acids is 1. The summed E-state index contributed by atoms with van der Waals surface area (Å²) < 4.78 is 27.9. The van der Waals surface area contributed by atoms with Gasteiger partial charge < -0.3 is 10.1 Å². The van der Waals surface area contributed by atoms with E-state index in [9.17, 15) is 13.2 Å². The normalized spacial score (nSPS) is 22.6. The average Bonchev–Trinajstić information content (AvgIpc) is 2.93. The predicted molar refractivity (Wildman–Crippen MR) is 82.5 cm³/mol. The lowest BCUT2D eigenvalue weighted by Crippen LogP contribution is -2.38. The Balaban J connectivity index is 2.34. The fraction of sp³-hybridized carbons (Fsp3) is 0.615. The number of rotatable bonds is 5. The molecule has 1 aliphatic rings. The van der Waals surface area contributed by atoms with E-state index in [4.69, 9.17) is 5.11 Å². The molecule has 118 valence electrons. The van der Waals surface area contributed by atoms with Gasteiger partial charge in [0.2, 0.25) is 10.0 Å². The van der Waals surface area contributed by atoms with Crippen molar-refractivity contribution in [1.82, 2.24) is 9.71 Å². The Morgan fingerprint density at radius 2 is 2.05 bits per heavy atom. The second-order valence-electron chi connectivity index (χ2n) is 5.32. The fourth-order valence-electron chi connectivity index (χ4n) is 2.95. The number of nitrogens with one attached hydrogen (secondary N) is 2. The lowest BCUT2D eigenvalue weighted by Gasteiger charge is -2.19. The molecule has 1 aliphatic carbocycles. The molecule has 1 saturated carbocycles. The highest BCUT2D eigenvalue weighted by molar-refractivity contribution is 7.99. The lowest BCUT2D eigenvalue weighted by atomic mass is 10.2. The minimum absolute atomic E-state index is 0.0617. The molecule has 0 spiro atoms. The number of aryl methyl sites for hydroxylation is 1. The van der Waals surface area contributed by atoms with Crippen LogP contribution in [0.3, 0.4) is 0 Å². The molecule has 3 N–H and O–H groups in total. The SMILES string of the molecule is CSC1CCCC1NS(=O)(=O)c1c(C)[nH]c(C(=O)O)c1C. The van der Waals surface area contributed by atoms with Gasteiger partial charge in [0.05, 0.1) is 0 Å². The van der Waals surface area contributed by atoms with Gasteiger partial charge in [-0.1, -0.05) is 6.42 Å². The number of carbonyl (C=O) groups is 1. The third-order valence-electron chi connectivity index (χ3n) is 3.91. The van der Waals surface area contributed by atoms with Crippen LogP contribution in [0.1, 0.15) is 41.0 Å². The monoisotopic (exact) mass is 332 g/mol. The number of hydrogen-bond donors (Lipinski definition) is 3. The quantitative estimate of drug-likeness (QED) is 0.765. The Kier molecular flexibility index (Phi) is 4.69. The van der Waals surface area contributed by atoms with Crippen LogP contribution < -0.4 is 4.72 Å². The summed E-state index contributed by atoms with van der Waals surface area (Å²) in [6.45, 7) is 3.09. The van der Waals surface area contributed by atoms with E-state index in [2.05, 4.69) is 9.71 Å². The maximum atomic E-state index is 12.6. The summed E-state index contributed by atoms with van der Waals surface area (Å²) in [4.78, 5) is 13.8. The van der Waals surface area contributed by atoms with Crippen LogP contribution in [0.4, 0.5) is 0 Å². The summed E-state index contributed by atoms with van der Waals surface area (Å²) >= 11 is 1.67. The maximum Gasteiger partial charge on any atom is 0.352 e. The van der Waals surface area contributed by atoms with Gasteiger partial charge in [-0.25, -0.2) is 17.9 Å². The zero-order chi connectivity index (χ0) is 15.8. The molecule has 2 rings (SSSR count). The number of sulfonamides is 1. The van der Waals surface area contributed by atoms with Crippen molar-refractivity contribution in [2.24, 2.45) is 0 Å². The van der Waals surface area contributed by atoms with E-state index in [-0.39, 0.29) is 27.4 Å². The largest absolute Gasteiger partial charge is 0.477 e. The first kappa shape index (κ1) is 16.4. The third-order valence-corrected chi connectivity index (χ3v) is 6.85. The number of thioether (sulfide) groups is 1. The van der Waals surface area contributed by atoms with E-state index in [1.165, 1.54) is 6.92 Å². The van der Waals surface area contributed by atoms with Gasteiger partial charge >= 0.3 is 5.97 Å². The summed E-state index contributed by atoms with van der Waals surface area (Å²) in [7, 11) is -3.72. The van der Waals surface area contributed by atoms with Crippen molar-refractivity contribution in [3.8, 4) is 0 Å². The number of carboxylic acid groups (broad SMARTS) is 1. The van der Waals surface area contributed by atoms with E-state index >= 15 is 0 Å². The zero-order valence-corrected chi connectivity index (χ0v) is 13.9. The van der Waals surface area contributed by atoms with Crippen LogP contribution >= 0.6 is 11.8 Å². The number of H-pyrrole nitrogens is 1. The van der Waals surface area contributed by atoms with Crippen LogP contribution in [0.15, 0.2) is 4.90 Å². The first-order chi connectivity index (χ1) is 9.77. The van der Waals surface area contributed by atoms with Crippen molar-refractivity contribution in [1.29, 1.82) is 0 Å². The molecule has 6 nitrogen and oxygen atoms in total. The summed E-state index contributed by atoms with van der Waals surface area (Å²) in [6, 6.07) is -0.0908. The van der Waals surface area contributed by atoms with Crippen molar-refractivity contribution >= 4 is 27.8 Å². The Morgan fingerprint density at radius 3 is 2.57 bits per heavy atom. The standard InChI is InChI=1S/C13H20N2O4S2/c1-7-11(13(16)17)14-8(2)12(7)21(18,19)15-9-5-4-6-10(9)20-3/h9-10,14-15H,4-6H2,1-3H3,(H,16,17). The molecular weight excluding hydrogens is 312 g/mol. The summed E-state index contributed by atoms with van der Waals surface area (Å²) in [5.41, 5.74) is 0.544. The van der Waals surface area contributed by atoms with Gasteiger partial charge in [-0.3, -0.25) is 0 Å². The fourth-order valence-corrected chi connectivity index (χ4v) is 5.73. The lowest BCUT2D eigenvalue weighted by molar-refractivity contribution is 0.0690. The van der Waals surface area contributed by atoms with Gasteiger partial charge in [0, 0.05) is 22.5 Å². The Bertz CT molecular complexity index is 651. The Morgan fingerprint density at radius 1 is 1.38 bits per heavy atom. The highest BCUT2D eigenvalue weighted by Gasteiger charge is 2.33. The molecule has 0 bridgehead atoms. The van der Waals surface area contributed by atoms with E-state index in [0.29, 0.717) is 5.69 Å². The molecule has 21 heavy (non-hydrogen) atoms. The molecule has 0 amide bonds. The molecular formula is C13H20N2O4S2. The predicted octanol–water partition coefficient (Wildman–Crippen LogP) is 1.89. The molecule has 0 aliphatic heterocycles. The molecule has 0 saturated heterocycles. The molecule has 1 aromatic rings. The van der Waals surface area contributed by atoms with E-state index < -0.39 is 16.0 Å². The first-order valence-electron chi connectivity index (χ1n) is 6.75. The highest BCUT2D eigenvalue weighted by Crippen LogP contribution is 2.31. The minimum atomic E-state index is -3.72. The van der Waals surface area contributed by atoms with Crippen molar-refractivity contribution in [2.45, 2.75) is 49.3 Å². The Hall–Kier alpha value is -0.990. The van der Waals surface area contributed by atoms with Gasteiger partial charge in [-0.15, -0.1) is 0 Å². The highest BCUT2D eigenvalue weighted by atomic mass is 32.2. The van der Waals surface area contributed by atoms with Crippen LogP contribution in [0.5, 0.6) is 0 Å². The van der Waals surface area contributed by atoms with Gasteiger partial charge in [-0.05, 0) is 32.9 Å². The zero-order valence-electron chi connectivity index (χ0n) is 12.3. The second kappa shape index (κ2) is 6.02. The van der Waals surface area contributed by atoms with Crippen molar-refractivity contribution in [3.05, 3.63) is 17.0 Å². The van der Waals surface area contributed by atoms with Crippen LogP contribution in [0, 0.1) is 13.8 Å². The van der Waals surface area contributed by atoms with Gasteiger partial charge in [-0.2, -0.15) is 11.8 Å². The van der Waals surface area contributed by atoms with Gasteiger partial charge in [0.15, 0.2) is 0 Å². The first-order valence-corrected chi connectivity index (χ1v) is 9.52. The number of carboxylic acids is 1. The number of aromatic nitrogens is 1. The van der Waals surface area contributed by atoms with Crippen LogP contribution in [-0.2, 0) is 10.0 Å². The molecule has 1 aromatic heterocycles. The van der Waals surface area contributed by atoms with Crippen molar-refractivity contribution < 1.29 is 18.3 Å². The van der Waals surface area contributed by atoms with Crippen LogP contribution in [0.2, 0.25) is 0 Å². The smallest absolute Gasteiger partial charge is 0.352 e. The van der Waals surface area contributed by atoms with E-state index in [1.54, 1.807) is 18.7 Å². The minimum Gasteiger partial charge on any atom is -0.477 e. The topological polar surface area (TPSA) is 99.3 Å². The summed E-state index contributed by atoms with van der Waals surface area (Å²) in [6.07, 6.45) is 4.80. The van der Waals surface area contributed by atoms with Crippen molar-refractivity contribution in [2.75, 3.05) is 6.26 Å². The Labute approximate surface area is 128 Å². The van der Waals surface area contributed by atoms with Gasteiger partial charge in [0.1, 0.15) is 10.6 Å². The maximum absolute atomic E-state index is 12.6. The number of hydrogen-bond acceptors (Lipinski definition) is 4. The van der Waals surface area contributed by atoms with Crippen molar-refractivity contribution in [3.63, 3.8) is 0 Å². The van der Waals surface area contributed by atoms with Crippen LogP contribution in [0.25, 0.3) is 0 Å². The molecule has 2 atom stereocenters. The molecule has 0 radical (unpaired) electrons. The molecule has 1 heterocycles. The second-order valence-corrected chi connectivity index (χ2v) is 8.04. The summed E-state index contributed by atoms with van der Waals surface area (Å²) in [5, 5.41) is 9.36. The molecule has 2 unspecified atom stereocenters. The third kappa shape index (κ3) is 3.12. The van der Waals surface area contributed by atoms with Gasteiger partial charge in [0.25, 0.3) is 0 Å². The molecule has 1 fully saturated rings. The van der Waals surface area contributed by atoms with E-state index in [1.807, 2.05) is 6.26 Å². The average molecular weight is 332 g/mol. The molecule has 0 aromatic carbocycles. The number of aromatic amines is 1.